The van der Waals surface area contributed by atoms with Crippen LogP contribution in [0, 0.1) is 6.92 Å². The number of aromatic nitrogens is 1. The Morgan fingerprint density at radius 2 is 1.76 bits per heavy atom. The van der Waals surface area contributed by atoms with Crippen molar-refractivity contribution in [2.24, 2.45) is 0 Å². The van der Waals surface area contributed by atoms with Gasteiger partial charge in [-0.3, -0.25) is 4.79 Å². The van der Waals surface area contributed by atoms with E-state index in [9.17, 15) is 4.79 Å². The van der Waals surface area contributed by atoms with Gasteiger partial charge >= 0.3 is 0 Å². The molecule has 0 amide bonds. The standard InChI is InChI=1S/C15H17NO/c1-11(2)16-10-12(3)15(17)9-14(16)13-7-5-4-6-8-13/h4-11H,1-3H3. The smallest absolute Gasteiger partial charge is 0.185 e. The minimum atomic E-state index is 0.0979. The van der Waals surface area contributed by atoms with Gasteiger partial charge in [0.2, 0.25) is 0 Å². The van der Waals surface area contributed by atoms with Gasteiger partial charge in [-0.05, 0) is 26.3 Å². The molecule has 0 radical (unpaired) electrons. The van der Waals surface area contributed by atoms with Crippen LogP contribution in [0.4, 0.5) is 0 Å². The zero-order chi connectivity index (χ0) is 12.4. The van der Waals surface area contributed by atoms with Gasteiger partial charge in [-0.1, -0.05) is 30.3 Å². The van der Waals surface area contributed by atoms with Crippen molar-refractivity contribution in [3.63, 3.8) is 0 Å². The summed E-state index contributed by atoms with van der Waals surface area (Å²) in [5, 5.41) is 0. The molecule has 2 rings (SSSR count). The second-order valence-corrected chi connectivity index (χ2v) is 4.57. The monoisotopic (exact) mass is 227 g/mol. The molecular formula is C15H17NO. The number of hydrogen-bond acceptors (Lipinski definition) is 1. The zero-order valence-electron chi connectivity index (χ0n) is 10.5. The van der Waals surface area contributed by atoms with E-state index in [1.165, 1.54) is 0 Å². The Kier molecular flexibility index (Phi) is 3.14. The molecule has 0 saturated carbocycles. The van der Waals surface area contributed by atoms with Gasteiger partial charge in [-0.25, -0.2) is 0 Å². The lowest BCUT2D eigenvalue weighted by Crippen LogP contribution is -2.13. The van der Waals surface area contributed by atoms with Crippen LogP contribution in [0.2, 0.25) is 0 Å². The van der Waals surface area contributed by atoms with E-state index in [0.29, 0.717) is 6.04 Å². The molecule has 2 heteroatoms. The predicted molar refractivity (Wildman–Crippen MR) is 71.3 cm³/mol. The number of pyridine rings is 1. The Morgan fingerprint density at radius 1 is 1.12 bits per heavy atom. The summed E-state index contributed by atoms with van der Waals surface area (Å²) in [4.78, 5) is 11.8. The summed E-state index contributed by atoms with van der Waals surface area (Å²) in [6, 6.07) is 12.1. The van der Waals surface area contributed by atoms with E-state index in [1.54, 1.807) is 6.07 Å². The number of aryl methyl sites for hydroxylation is 1. The third kappa shape index (κ3) is 2.31. The zero-order valence-corrected chi connectivity index (χ0v) is 10.5. The van der Waals surface area contributed by atoms with Gasteiger partial charge in [0.15, 0.2) is 5.43 Å². The molecule has 0 spiro atoms. The second-order valence-electron chi connectivity index (χ2n) is 4.57. The highest BCUT2D eigenvalue weighted by Gasteiger charge is 2.08. The molecule has 0 atom stereocenters. The average molecular weight is 227 g/mol. The largest absolute Gasteiger partial charge is 0.344 e. The fourth-order valence-corrected chi connectivity index (χ4v) is 1.92. The third-order valence-corrected chi connectivity index (χ3v) is 2.89. The van der Waals surface area contributed by atoms with E-state index < -0.39 is 0 Å². The van der Waals surface area contributed by atoms with E-state index in [1.807, 2.05) is 43.5 Å². The van der Waals surface area contributed by atoms with Crippen LogP contribution >= 0.6 is 0 Å². The Bertz CT molecular complexity index is 567. The Hall–Kier alpha value is -1.83. The normalized spacial score (nSPS) is 10.8. The summed E-state index contributed by atoms with van der Waals surface area (Å²) >= 11 is 0. The Labute approximate surface area is 102 Å². The van der Waals surface area contributed by atoms with Crippen LogP contribution in [-0.4, -0.2) is 4.57 Å². The summed E-state index contributed by atoms with van der Waals surface area (Å²) in [6.45, 7) is 6.10. The SMILES string of the molecule is Cc1cn(C(C)C)c(-c2ccccc2)cc1=O. The van der Waals surface area contributed by atoms with E-state index in [2.05, 4.69) is 18.4 Å². The van der Waals surface area contributed by atoms with Crippen molar-refractivity contribution < 1.29 is 0 Å². The molecular weight excluding hydrogens is 210 g/mol. The van der Waals surface area contributed by atoms with Crippen molar-refractivity contribution in [1.29, 1.82) is 0 Å². The molecule has 1 heterocycles. The summed E-state index contributed by atoms with van der Waals surface area (Å²) < 4.78 is 2.14. The Morgan fingerprint density at radius 3 is 2.35 bits per heavy atom. The minimum Gasteiger partial charge on any atom is -0.344 e. The van der Waals surface area contributed by atoms with Crippen molar-refractivity contribution >= 4 is 0 Å². The van der Waals surface area contributed by atoms with Crippen LogP contribution in [0.5, 0.6) is 0 Å². The molecule has 0 saturated heterocycles. The van der Waals surface area contributed by atoms with Crippen molar-refractivity contribution in [3.05, 3.63) is 58.4 Å². The van der Waals surface area contributed by atoms with Crippen LogP contribution in [-0.2, 0) is 0 Å². The first-order valence-electron chi connectivity index (χ1n) is 5.88. The van der Waals surface area contributed by atoms with E-state index in [0.717, 1.165) is 16.8 Å². The van der Waals surface area contributed by atoms with Gasteiger partial charge in [0.1, 0.15) is 0 Å². The maximum Gasteiger partial charge on any atom is 0.185 e. The highest BCUT2D eigenvalue weighted by Crippen LogP contribution is 2.21. The van der Waals surface area contributed by atoms with Gasteiger partial charge in [0.25, 0.3) is 0 Å². The van der Waals surface area contributed by atoms with Gasteiger partial charge in [0, 0.05) is 23.9 Å². The van der Waals surface area contributed by atoms with Crippen LogP contribution in [0.3, 0.4) is 0 Å². The summed E-state index contributed by atoms with van der Waals surface area (Å²) in [6.07, 6.45) is 1.94. The van der Waals surface area contributed by atoms with Crippen LogP contribution in [0.1, 0.15) is 25.5 Å². The molecule has 0 aliphatic heterocycles. The molecule has 17 heavy (non-hydrogen) atoms. The lowest BCUT2D eigenvalue weighted by molar-refractivity contribution is 0.600. The van der Waals surface area contributed by atoms with Gasteiger partial charge in [-0.2, -0.15) is 0 Å². The number of hydrogen-bond donors (Lipinski definition) is 0. The maximum atomic E-state index is 11.8. The fraction of sp³-hybridized carbons (Fsp3) is 0.267. The molecule has 88 valence electrons. The topological polar surface area (TPSA) is 22.0 Å². The number of rotatable bonds is 2. The molecule has 2 nitrogen and oxygen atoms in total. The maximum absolute atomic E-state index is 11.8. The molecule has 1 aromatic carbocycles. The summed E-state index contributed by atoms with van der Waals surface area (Å²) in [5.41, 5.74) is 2.95. The molecule has 2 aromatic rings. The highest BCUT2D eigenvalue weighted by molar-refractivity contribution is 5.59. The first kappa shape index (κ1) is 11.6. The number of nitrogens with zero attached hydrogens (tertiary/aromatic N) is 1. The first-order chi connectivity index (χ1) is 8.09. The lowest BCUT2D eigenvalue weighted by atomic mass is 10.1. The van der Waals surface area contributed by atoms with Crippen molar-refractivity contribution in [1.82, 2.24) is 4.57 Å². The minimum absolute atomic E-state index is 0.0979. The molecule has 0 N–H and O–H groups in total. The van der Waals surface area contributed by atoms with Crippen molar-refractivity contribution in [2.75, 3.05) is 0 Å². The molecule has 0 aliphatic rings. The highest BCUT2D eigenvalue weighted by atomic mass is 16.1. The molecule has 0 fully saturated rings. The van der Waals surface area contributed by atoms with Gasteiger partial charge < -0.3 is 4.57 Å². The molecule has 0 bridgehead atoms. The van der Waals surface area contributed by atoms with E-state index >= 15 is 0 Å². The summed E-state index contributed by atoms with van der Waals surface area (Å²) in [5.74, 6) is 0. The lowest BCUT2D eigenvalue weighted by Gasteiger charge is -2.18. The Balaban J connectivity index is 2.68. The van der Waals surface area contributed by atoms with Crippen LogP contribution in [0.25, 0.3) is 11.3 Å². The van der Waals surface area contributed by atoms with Crippen molar-refractivity contribution in [2.45, 2.75) is 26.8 Å². The van der Waals surface area contributed by atoms with E-state index in [4.69, 9.17) is 0 Å². The molecule has 0 aliphatic carbocycles. The predicted octanol–water partition coefficient (Wildman–Crippen LogP) is 3.40. The summed E-state index contributed by atoms with van der Waals surface area (Å²) in [7, 11) is 0. The third-order valence-electron chi connectivity index (χ3n) is 2.89. The first-order valence-corrected chi connectivity index (χ1v) is 5.88. The van der Waals surface area contributed by atoms with Gasteiger partial charge in [-0.15, -0.1) is 0 Å². The number of benzene rings is 1. The molecule has 0 unspecified atom stereocenters. The molecule has 1 aromatic heterocycles. The van der Waals surface area contributed by atoms with Crippen LogP contribution in [0.15, 0.2) is 47.4 Å². The second kappa shape index (κ2) is 4.58. The van der Waals surface area contributed by atoms with Gasteiger partial charge in [0.05, 0.1) is 5.69 Å². The quantitative estimate of drug-likeness (QED) is 0.770. The van der Waals surface area contributed by atoms with Crippen molar-refractivity contribution in [3.8, 4) is 11.3 Å². The van der Waals surface area contributed by atoms with Crippen LogP contribution < -0.4 is 5.43 Å². The fourth-order valence-electron chi connectivity index (χ4n) is 1.92. The average Bonchev–Trinajstić information content (AvgIpc) is 2.33. The van der Waals surface area contributed by atoms with E-state index in [-0.39, 0.29) is 5.43 Å².